The molecule has 13 heavy (non-hydrogen) atoms. The predicted octanol–water partition coefficient (Wildman–Crippen LogP) is 3.13. The van der Waals surface area contributed by atoms with Crippen LogP contribution in [-0.4, -0.2) is 4.98 Å². The number of rotatable bonds is 0. The van der Waals surface area contributed by atoms with E-state index in [1.165, 1.54) is 0 Å². The number of aromatic nitrogens is 1. The van der Waals surface area contributed by atoms with Gasteiger partial charge in [-0.1, -0.05) is 20.8 Å². The molecule has 0 radical (unpaired) electrons. The monoisotopic (exact) mass is 175 g/mol. The molecule has 0 unspecified atom stereocenters. The van der Waals surface area contributed by atoms with Crippen LogP contribution in [0.5, 0.6) is 0 Å². The maximum absolute atomic E-state index is 5.67. The normalized spacial score (nSPS) is 12.2. The molecule has 0 aliphatic carbocycles. The second-order valence-corrected chi connectivity index (χ2v) is 4.27. The highest BCUT2D eigenvalue weighted by atomic mass is 16.3. The molecule has 2 rings (SSSR count). The van der Waals surface area contributed by atoms with Crippen LogP contribution in [-0.2, 0) is 5.41 Å². The van der Waals surface area contributed by atoms with Crippen molar-refractivity contribution < 1.29 is 4.42 Å². The Morgan fingerprint density at radius 1 is 1.31 bits per heavy atom. The molecule has 2 aromatic rings. The summed E-state index contributed by atoms with van der Waals surface area (Å²) in [6.07, 6.45) is 3.54. The summed E-state index contributed by atoms with van der Waals surface area (Å²) in [5.41, 5.74) is 0.936. The standard InChI is InChI=1S/C11H13NO/c1-11(2,3)10-6-8-4-5-12-7-9(8)13-10/h4-7H,1-3H3. The highest BCUT2D eigenvalue weighted by molar-refractivity contribution is 5.76. The minimum atomic E-state index is 0.0685. The van der Waals surface area contributed by atoms with Gasteiger partial charge < -0.3 is 4.42 Å². The van der Waals surface area contributed by atoms with Gasteiger partial charge in [0.05, 0.1) is 6.20 Å². The Balaban J connectivity index is 2.63. The molecule has 2 heterocycles. The van der Waals surface area contributed by atoms with E-state index in [0.29, 0.717) is 0 Å². The number of hydrogen-bond acceptors (Lipinski definition) is 2. The minimum absolute atomic E-state index is 0.0685. The smallest absolute Gasteiger partial charge is 0.152 e. The van der Waals surface area contributed by atoms with Crippen molar-refractivity contribution in [2.75, 3.05) is 0 Å². The SMILES string of the molecule is CC(C)(C)c1cc2ccncc2o1. The number of hydrogen-bond donors (Lipinski definition) is 0. The zero-order chi connectivity index (χ0) is 9.47. The van der Waals surface area contributed by atoms with Gasteiger partial charge >= 0.3 is 0 Å². The summed E-state index contributed by atoms with van der Waals surface area (Å²) in [6, 6.07) is 4.05. The lowest BCUT2D eigenvalue weighted by Crippen LogP contribution is -2.08. The average molecular weight is 175 g/mol. The van der Waals surface area contributed by atoms with Gasteiger partial charge in [0.15, 0.2) is 5.58 Å². The van der Waals surface area contributed by atoms with Crippen LogP contribution in [0.4, 0.5) is 0 Å². The lowest BCUT2D eigenvalue weighted by atomic mass is 9.93. The molecule has 0 aliphatic heterocycles. The van der Waals surface area contributed by atoms with Gasteiger partial charge in [0.1, 0.15) is 5.76 Å². The van der Waals surface area contributed by atoms with Gasteiger partial charge in [0, 0.05) is 17.0 Å². The first-order valence-electron chi connectivity index (χ1n) is 4.41. The third-order valence-electron chi connectivity index (χ3n) is 2.06. The largest absolute Gasteiger partial charge is 0.459 e. The van der Waals surface area contributed by atoms with Crippen molar-refractivity contribution in [3.05, 3.63) is 30.3 Å². The van der Waals surface area contributed by atoms with Crippen molar-refractivity contribution in [2.45, 2.75) is 26.2 Å². The van der Waals surface area contributed by atoms with E-state index in [9.17, 15) is 0 Å². The van der Waals surface area contributed by atoms with E-state index in [4.69, 9.17) is 4.42 Å². The summed E-state index contributed by atoms with van der Waals surface area (Å²) in [5, 5.41) is 1.12. The zero-order valence-corrected chi connectivity index (χ0v) is 8.16. The topological polar surface area (TPSA) is 26.0 Å². The minimum Gasteiger partial charge on any atom is -0.459 e. The lowest BCUT2D eigenvalue weighted by molar-refractivity contribution is 0.430. The molecule has 0 spiro atoms. The molecule has 0 atom stereocenters. The fraction of sp³-hybridized carbons (Fsp3) is 0.364. The van der Waals surface area contributed by atoms with Crippen LogP contribution in [0.25, 0.3) is 11.0 Å². The summed E-state index contributed by atoms with van der Waals surface area (Å²) in [6.45, 7) is 6.41. The second kappa shape index (κ2) is 2.59. The lowest BCUT2D eigenvalue weighted by Gasteiger charge is -2.13. The van der Waals surface area contributed by atoms with Crippen molar-refractivity contribution in [2.24, 2.45) is 0 Å². The van der Waals surface area contributed by atoms with E-state index >= 15 is 0 Å². The number of fused-ring (bicyclic) bond motifs is 1. The van der Waals surface area contributed by atoms with Gasteiger partial charge in [0.2, 0.25) is 0 Å². The zero-order valence-electron chi connectivity index (χ0n) is 8.16. The third-order valence-corrected chi connectivity index (χ3v) is 2.06. The Morgan fingerprint density at radius 3 is 2.69 bits per heavy atom. The van der Waals surface area contributed by atoms with Crippen molar-refractivity contribution in [3.63, 3.8) is 0 Å². The van der Waals surface area contributed by atoms with Crippen LogP contribution in [0.2, 0.25) is 0 Å². The summed E-state index contributed by atoms with van der Waals surface area (Å²) < 4.78 is 5.67. The van der Waals surface area contributed by atoms with Gasteiger partial charge in [0.25, 0.3) is 0 Å². The van der Waals surface area contributed by atoms with Gasteiger partial charge in [-0.05, 0) is 12.1 Å². The Hall–Kier alpha value is -1.31. The molecule has 0 aromatic carbocycles. The Kier molecular flexibility index (Phi) is 1.65. The highest BCUT2D eigenvalue weighted by Gasteiger charge is 2.18. The molecule has 0 amide bonds. The van der Waals surface area contributed by atoms with Crippen molar-refractivity contribution in [1.29, 1.82) is 0 Å². The van der Waals surface area contributed by atoms with Crippen LogP contribution in [0, 0.1) is 0 Å². The maximum atomic E-state index is 5.67. The molecule has 0 saturated carbocycles. The molecular weight excluding hydrogens is 162 g/mol. The molecule has 0 bridgehead atoms. The number of nitrogens with zero attached hydrogens (tertiary/aromatic N) is 1. The second-order valence-electron chi connectivity index (χ2n) is 4.27. The summed E-state index contributed by atoms with van der Waals surface area (Å²) in [5.74, 6) is 1.01. The van der Waals surface area contributed by atoms with E-state index in [2.05, 4.69) is 31.8 Å². The van der Waals surface area contributed by atoms with Crippen LogP contribution in [0.1, 0.15) is 26.5 Å². The highest BCUT2D eigenvalue weighted by Crippen LogP contribution is 2.28. The Bertz CT molecular complexity index is 390. The number of furan rings is 1. The molecule has 68 valence electrons. The van der Waals surface area contributed by atoms with Crippen LogP contribution in [0.3, 0.4) is 0 Å². The molecule has 0 N–H and O–H groups in total. The average Bonchev–Trinajstić information content (AvgIpc) is 2.45. The fourth-order valence-electron chi connectivity index (χ4n) is 1.25. The Morgan fingerprint density at radius 2 is 2.08 bits per heavy atom. The first kappa shape index (κ1) is 8.30. The predicted molar refractivity (Wildman–Crippen MR) is 52.7 cm³/mol. The molecule has 2 heteroatoms. The summed E-state index contributed by atoms with van der Waals surface area (Å²) >= 11 is 0. The third kappa shape index (κ3) is 1.44. The van der Waals surface area contributed by atoms with Crippen molar-refractivity contribution in [3.8, 4) is 0 Å². The summed E-state index contributed by atoms with van der Waals surface area (Å²) in [7, 11) is 0. The van der Waals surface area contributed by atoms with Crippen LogP contribution in [0.15, 0.2) is 28.9 Å². The molecule has 0 saturated heterocycles. The maximum Gasteiger partial charge on any atom is 0.152 e. The van der Waals surface area contributed by atoms with Crippen molar-refractivity contribution >= 4 is 11.0 Å². The molecule has 2 nitrogen and oxygen atoms in total. The fourth-order valence-corrected chi connectivity index (χ4v) is 1.25. The molecule has 0 fully saturated rings. The summed E-state index contributed by atoms with van der Waals surface area (Å²) in [4.78, 5) is 4.01. The van der Waals surface area contributed by atoms with E-state index < -0.39 is 0 Å². The quantitative estimate of drug-likeness (QED) is 0.614. The van der Waals surface area contributed by atoms with E-state index in [0.717, 1.165) is 16.7 Å². The van der Waals surface area contributed by atoms with Gasteiger partial charge in [-0.2, -0.15) is 0 Å². The van der Waals surface area contributed by atoms with Gasteiger partial charge in [-0.15, -0.1) is 0 Å². The first-order valence-corrected chi connectivity index (χ1v) is 4.41. The van der Waals surface area contributed by atoms with E-state index in [1.54, 1.807) is 12.4 Å². The van der Waals surface area contributed by atoms with Crippen molar-refractivity contribution in [1.82, 2.24) is 4.98 Å². The Labute approximate surface area is 77.6 Å². The van der Waals surface area contributed by atoms with Crippen LogP contribution >= 0.6 is 0 Å². The van der Waals surface area contributed by atoms with Crippen LogP contribution < -0.4 is 0 Å². The molecule has 2 aromatic heterocycles. The first-order chi connectivity index (χ1) is 6.07. The van der Waals surface area contributed by atoms with Gasteiger partial charge in [-0.3, -0.25) is 4.98 Å². The molecular formula is C11H13NO. The van der Waals surface area contributed by atoms with E-state index in [-0.39, 0.29) is 5.41 Å². The van der Waals surface area contributed by atoms with E-state index in [1.807, 2.05) is 6.07 Å². The number of pyridine rings is 1. The van der Waals surface area contributed by atoms with Gasteiger partial charge in [-0.25, -0.2) is 0 Å². The molecule has 0 aliphatic rings.